The van der Waals surface area contributed by atoms with E-state index in [1.807, 2.05) is 17.0 Å². The van der Waals surface area contributed by atoms with Crippen LogP contribution >= 0.6 is 27.5 Å². The van der Waals surface area contributed by atoms with Gasteiger partial charge in [0.2, 0.25) is 0 Å². The number of rotatable bonds is 2. The number of carbonyl (C=O) groups excluding carboxylic acids is 1. The number of amides is 1. The maximum absolute atomic E-state index is 12.5. The molecule has 0 radical (unpaired) electrons. The van der Waals surface area contributed by atoms with E-state index in [9.17, 15) is 4.79 Å². The molecule has 0 bridgehead atoms. The molecular weight excluding hydrogens is 368 g/mol. The summed E-state index contributed by atoms with van der Waals surface area (Å²) in [6.45, 7) is 2.78. The van der Waals surface area contributed by atoms with Crippen molar-refractivity contribution < 1.29 is 4.79 Å². The minimum Gasteiger partial charge on any atom is -0.353 e. The molecule has 0 unspecified atom stereocenters. The Hall–Kier alpha value is -1.66. The van der Waals surface area contributed by atoms with Crippen LogP contribution < -0.4 is 4.90 Å². The highest BCUT2D eigenvalue weighted by Crippen LogP contribution is 2.18. The Bertz CT molecular complexity index is 689. The van der Waals surface area contributed by atoms with Crippen molar-refractivity contribution in [2.45, 2.75) is 0 Å². The zero-order valence-corrected chi connectivity index (χ0v) is 14.1. The molecule has 2 aromatic rings. The van der Waals surface area contributed by atoms with E-state index in [0.717, 1.165) is 23.4 Å². The van der Waals surface area contributed by atoms with Gasteiger partial charge in [-0.2, -0.15) is 0 Å². The third-order valence-electron chi connectivity index (χ3n) is 3.54. The molecule has 5 nitrogen and oxygen atoms in total. The van der Waals surface area contributed by atoms with Crippen LogP contribution in [0.3, 0.4) is 0 Å². The van der Waals surface area contributed by atoms with Crippen LogP contribution in [0.5, 0.6) is 0 Å². The molecule has 3 rings (SSSR count). The van der Waals surface area contributed by atoms with Gasteiger partial charge in [0.25, 0.3) is 5.91 Å². The Morgan fingerprint density at radius 2 is 1.95 bits per heavy atom. The Kier molecular flexibility index (Phi) is 4.59. The number of aromatic nitrogens is 2. The van der Waals surface area contributed by atoms with E-state index < -0.39 is 0 Å². The number of nitrogens with zero attached hydrogens (tertiary/aromatic N) is 4. The van der Waals surface area contributed by atoms with Gasteiger partial charge < -0.3 is 9.80 Å². The molecule has 1 aliphatic rings. The van der Waals surface area contributed by atoms with Crippen LogP contribution in [0.15, 0.2) is 41.1 Å². The predicted octanol–water partition coefficient (Wildman–Crippen LogP) is 2.85. The summed E-state index contributed by atoms with van der Waals surface area (Å²) in [5, 5.41) is 0.483. The fraction of sp³-hybridized carbons (Fsp3) is 0.267. The topological polar surface area (TPSA) is 49.3 Å². The summed E-state index contributed by atoms with van der Waals surface area (Å²) in [5.41, 5.74) is 0.601. The van der Waals surface area contributed by atoms with Crippen LogP contribution in [-0.4, -0.2) is 47.0 Å². The molecule has 0 aromatic carbocycles. The minimum atomic E-state index is 0.00695. The smallest absolute Gasteiger partial charge is 0.255 e. The zero-order chi connectivity index (χ0) is 15.5. The van der Waals surface area contributed by atoms with Crippen molar-refractivity contribution in [3.8, 4) is 0 Å². The summed E-state index contributed by atoms with van der Waals surface area (Å²) >= 11 is 9.26. The highest BCUT2D eigenvalue weighted by atomic mass is 79.9. The Morgan fingerprint density at radius 1 is 1.18 bits per heavy atom. The zero-order valence-electron chi connectivity index (χ0n) is 11.7. The largest absolute Gasteiger partial charge is 0.353 e. The first-order valence-electron chi connectivity index (χ1n) is 6.91. The van der Waals surface area contributed by atoms with E-state index in [-0.39, 0.29) is 5.91 Å². The van der Waals surface area contributed by atoms with Crippen molar-refractivity contribution in [1.82, 2.24) is 14.9 Å². The van der Waals surface area contributed by atoms with Gasteiger partial charge in [0.15, 0.2) is 0 Å². The van der Waals surface area contributed by atoms with Gasteiger partial charge in [-0.15, -0.1) is 0 Å². The molecule has 0 saturated carbocycles. The van der Waals surface area contributed by atoms with Crippen molar-refractivity contribution in [3.05, 3.63) is 51.8 Å². The van der Waals surface area contributed by atoms with Gasteiger partial charge >= 0.3 is 0 Å². The molecule has 1 aliphatic heterocycles. The molecule has 2 aromatic heterocycles. The summed E-state index contributed by atoms with van der Waals surface area (Å²) in [5.74, 6) is 0.858. The molecule has 0 aliphatic carbocycles. The molecule has 1 amide bonds. The molecule has 7 heteroatoms. The maximum Gasteiger partial charge on any atom is 0.255 e. The third-order valence-corrected chi connectivity index (χ3v) is 4.19. The van der Waals surface area contributed by atoms with Crippen LogP contribution in [0.1, 0.15) is 10.4 Å². The second kappa shape index (κ2) is 6.62. The third kappa shape index (κ3) is 3.39. The molecule has 22 heavy (non-hydrogen) atoms. The lowest BCUT2D eigenvalue weighted by atomic mass is 10.2. The first kappa shape index (κ1) is 15.2. The van der Waals surface area contributed by atoms with Gasteiger partial charge in [-0.3, -0.25) is 9.78 Å². The molecule has 3 heterocycles. The maximum atomic E-state index is 12.5. The number of pyridine rings is 2. The average molecular weight is 382 g/mol. The summed E-state index contributed by atoms with van der Waals surface area (Å²) < 4.78 is 0.806. The lowest BCUT2D eigenvalue weighted by molar-refractivity contribution is 0.0746. The van der Waals surface area contributed by atoms with E-state index in [1.54, 1.807) is 24.5 Å². The number of piperazine rings is 1. The molecule has 0 atom stereocenters. The van der Waals surface area contributed by atoms with Gasteiger partial charge in [-0.25, -0.2) is 4.98 Å². The first-order chi connectivity index (χ1) is 10.6. The molecule has 1 fully saturated rings. The van der Waals surface area contributed by atoms with Gasteiger partial charge in [0.1, 0.15) is 11.0 Å². The summed E-state index contributed by atoms with van der Waals surface area (Å²) in [6.07, 6.45) is 3.26. The Balaban J connectivity index is 1.65. The van der Waals surface area contributed by atoms with Crippen molar-refractivity contribution in [1.29, 1.82) is 0 Å². The second-order valence-electron chi connectivity index (χ2n) is 4.99. The summed E-state index contributed by atoms with van der Waals surface area (Å²) in [6, 6.07) is 7.36. The Morgan fingerprint density at radius 3 is 2.64 bits per heavy atom. The van der Waals surface area contributed by atoms with Crippen LogP contribution in [0.25, 0.3) is 0 Å². The van der Waals surface area contributed by atoms with Gasteiger partial charge in [-0.05, 0) is 34.1 Å². The number of anilines is 1. The minimum absolute atomic E-state index is 0.00695. The number of hydrogen-bond donors (Lipinski definition) is 0. The quantitative estimate of drug-likeness (QED) is 0.751. The SMILES string of the molecule is O=C(c1cncc(Br)c1)N1CCN(c2cccc(Cl)n2)CC1. The highest BCUT2D eigenvalue weighted by molar-refractivity contribution is 9.10. The fourth-order valence-electron chi connectivity index (χ4n) is 2.42. The number of halogens is 2. The van der Waals surface area contributed by atoms with Gasteiger partial charge in [0.05, 0.1) is 5.56 Å². The number of hydrogen-bond acceptors (Lipinski definition) is 4. The first-order valence-corrected chi connectivity index (χ1v) is 8.08. The van der Waals surface area contributed by atoms with Gasteiger partial charge in [0, 0.05) is 43.0 Å². The molecule has 0 N–H and O–H groups in total. The lowest BCUT2D eigenvalue weighted by Crippen LogP contribution is -2.49. The fourth-order valence-corrected chi connectivity index (χ4v) is 2.95. The van der Waals surface area contributed by atoms with Gasteiger partial charge in [-0.1, -0.05) is 17.7 Å². The second-order valence-corrected chi connectivity index (χ2v) is 6.29. The summed E-state index contributed by atoms with van der Waals surface area (Å²) in [4.78, 5) is 24.8. The van der Waals surface area contributed by atoms with Crippen LogP contribution in [0.4, 0.5) is 5.82 Å². The van der Waals surface area contributed by atoms with E-state index in [2.05, 4.69) is 30.8 Å². The van der Waals surface area contributed by atoms with Crippen LogP contribution in [-0.2, 0) is 0 Å². The van der Waals surface area contributed by atoms with E-state index in [1.165, 1.54) is 0 Å². The predicted molar refractivity (Wildman–Crippen MR) is 89.3 cm³/mol. The van der Waals surface area contributed by atoms with E-state index in [0.29, 0.717) is 23.8 Å². The monoisotopic (exact) mass is 380 g/mol. The Labute approximate surface area is 142 Å². The van der Waals surface area contributed by atoms with E-state index >= 15 is 0 Å². The normalized spacial score (nSPS) is 15.0. The van der Waals surface area contributed by atoms with Crippen molar-refractivity contribution in [2.24, 2.45) is 0 Å². The van der Waals surface area contributed by atoms with Crippen molar-refractivity contribution >= 4 is 39.3 Å². The summed E-state index contributed by atoms with van der Waals surface area (Å²) in [7, 11) is 0. The standard InChI is InChI=1S/C15H14BrClN4O/c16-12-8-11(9-18-10-12)15(22)21-6-4-20(5-7-21)14-3-1-2-13(17)19-14/h1-3,8-10H,4-7H2. The highest BCUT2D eigenvalue weighted by Gasteiger charge is 2.23. The van der Waals surface area contributed by atoms with Crippen LogP contribution in [0.2, 0.25) is 5.15 Å². The number of carbonyl (C=O) groups is 1. The molecule has 1 saturated heterocycles. The average Bonchev–Trinajstić information content (AvgIpc) is 2.54. The molecule has 114 valence electrons. The lowest BCUT2D eigenvalue weighted by Gasteiger charge is -2.35. The molecular formula is C15H14BrClN4O. The van der Waals surface area contributed by atoms with E-state index in [4.69, 9.17) is 11.6 Å². The van der Waals surface area contributed by atoms with Crippen molar-refractivity contribution in [2.75, 3.05) is 31.1 Å². The van der Waals surface area contributed by atoms with Crippen LogP contribution in [0, 0.1) is 0 Å². The molecule has 0 spiro atoms. The van der Waals surface area contributed by atoms with Crippen molar-refractivity contribution in [3.63, 3.8) is 0 Å².